The second kappa shape index (κ2) is 11.5. The Labute approximate surface area is 174 Å². The summed E-state index contributed by atoms with van der Waals surface area (Å²) in [5.41, 5.74) is 1.18. The lowest BCUT2D eigenvalue weighted by Gasteiger charge is -2.33. The number of hydrogen-bond donors (Lipinski definition) is 2. The second-order valence-corrected chi connectivity index (χ2v) is 9.98. The zero-order chi connectivity index (χ0) is 21.3. The summed E-state index contributed by atoms with van der Waals surface area (Å²) in [6.45, 7) is 8.27. The van der Waals surface area contributed by atoms with Crippen molar-refractivity contribution in [3.8, 4) is 0 Å². The van der Waals surface area contributed by atoms with E-state index in [4.69, 9.17) is 0 Å². The molecule has 0 spiro atoms. The molecule has 1 fully saturated rings. The zero-order valence-electron chi connectivity index (χ0n) is 17.9. The van der Waals surface area contributed by atoms with Gasteiger partial charge in [0.25, 0.3) is 0 Å². The molecule has 6 nitrogen and oxygen atoms in total. The third-order valence-electron chi connectivity index (χ3n) is 5.19. The van der Waals surface area contributed by atoms with E-state index < -0.39 is 9.84 Å². The molecule has 2 rings (SSSR count). The van der Waals surface area contributed by atoms with Crippen LogP contribution in [0.1, 0.15) is 50.7 Å². The Balaban J connectivity index is 1.93. The predicted molar refractivity (Wildman–Crippen MR) is 117 cm³/mol. The molecular formula is C21H35FN4O2S. The van der Waals surface area contributed by atoms with E-state index in [2.05, 4.69) is 27.4 Å². The molecule has 0 bridgehead atoms. The van der Waals surface area contributed by atoms with E-state index in [1.165, 1.54) is 50.3 Å². The number of hydrogen-bond acceptors (Lipinski definition) is 4. The van der Waals surface area contributed by atoms with Gasteiger partial charge in [-0.2, -0.15) is 0 Å². The lowest BCUT2D eigenvalue weighted by atomic mass is 10.0. The molecule has 1 unspecified atom stereocenters. The van der Waals surface area contributed by atoms with Gasteiger partial charge < -0.3 is 15.5 Å². The van der Waals surface area contributed by atoms with Crippen LogP contribution in [0.2, 0.25) is 0 Å². The fourth-order valence-electron chi connectivity index (χ4n) is 3.65. The molecule has 1 aromatic rings. The quantitative estimate of drug-likeness (QED) is 0.361. The summed E-state index contributed by atoms with van der Waals surface area (Å²) >= 11 is 0. The van der Waals surface area contributed by atoms with Crippen LogP contribution >= 0.6 is 0 Å². The first kappa shape index (κ1) is 23.6. The van der Waals surface area contributed by atoms with Crippen molar-refractivity contribution in [3.05, 3.63) is 35.1 Å². The lowest BCUT2D eigenvalue weighted by Crippen LogP contribution is -2.41. The average Bonchev–Trinajstić information content (AvgIpc) is 2.65. The summed E-state index contributed by atoms with van der Waals surface area (Å²) in [5, 5.41) is 6.52. The van der Waals surface area contributed by atoms with Crippen LogP contribution < -0.4 is 10.6 Å². The number of rotatable bonds is 9. The largest absolute Gasteiger partial charge is 0.357 e. The molecule has 0 aromatic heterocycles. The number of aliphatic imine (C=N–C) groups is 1. The maximum absolute atomic E-state index is 13.7. The maximum Gasteiger partial charge on any atom is 0.191 e. The molecule has 1 aliphatic rings. The Morgan fingerprint density at radius 1 is 1.28 bits per heavy atom. The highest BCUT2D eigenvalue weighted by molar-refractivity contribution is 7.89. The van der Waals surface area contributed by atoms with Crippen LogP contribution in [0, 0.1) is 5.82 Å². The Kier molecular flexibility index (Phi) is 9.36. The van der Waals surface area contributed by atoms with Crippen LogP contribution in [0.25, 0.3) is 0 Å². The number of benzene rings is 1. The fourth-order valence-corrected chi connectivity index (χ4v) is 4.50. The first-order chi connectivity index (χ1) is 13.8. The molecule has 0 radical (unpaired) electrons. The number of likely N-dealkylation sites (tertiary alicyclic amines) is 1. The highest BCUT2D eigenvalue weighted by Gasteiger charge is 2.17. The molecule has 1 aromatic carbocycles. The number of sulfone groups is 1. The molecule has 1 aliphatic heterocycles. The van der Waals surface area contributed by atoms with E-state index in [-0.39, 0.29) is 18.1 Å². The van der Waals surface area contributed by atoms with Crippen LogP contribution in [0.4, 0.5) is 4.39 Å². The SMILES string of the molecule is CCNC(=NCc1cc(F)ccc1CS(C)(=O)=O)NCCCN1CCCCC1C. The first-order valence-electron chi connectivity index (χ1n) is 10.5. The number of piperidine rings is 1. The third kappa shape index (κ3) is 8.70. The van der Waals surface area contributed by atoms with E-state index in [0.717, 1.165) is 19.5 Å². The highest BCUT2D eigenvalue weighted by atomic mass is 32.2. The van der Waals surface area contributed by atoms with Gasteiger partial charge in [0.2, 0.25) is 0 Å². The molecular weight excluding hydrogens is 391 g/mol. The molecule has 1 saturated heterocycles. The third-order valence-corrected chi connectivity index (χ3v) is 6.03. The van der Waals surface area contributed by atoms with Crippen LogP contribution in [0.5, 0.6) is 0 Å². The molecule has 2 N–H and O–H groups in total. The summed E-state index contributed by atoms with van der Waals surface area (Å²) in [7, 11) is -3.20. The minimum atomic E-state index is -3.20. The van der Waals surface area contributed by atoms with Crippen molar-refractivity contribution in [1.82, 2.24) is 15.5 Å². The van der Waals surface area contributed by atoms with E-state index in [1.54, 1.807) is 0 Å². The molecule has 0 aliphatic carbocycles. The summed E-state index contributed by atoms with van der Waals surface area (Å²) in [5.74, 6) is 0.158. The average molecular weight is 427 g/mol. The van der Waals surface area contributed by atoms with Crippen LogP contribution in [0.15, 0.2) is 23.2 Å². The van der Waals surface area contributed by atoms with Gasteiger partial charge in [-0.25, -0.2) is 17.8 Å². The smallest absolute Gasteiger partial charge is 0.191 e. The zero-order valence-corrected chi connectivity index (χ0v) is 18.7. The minimum absolute atomic E-state index is 0.115. The van der Waals surface area contributed by atoms with E-state index in [1.807, 2.05) is 6.92 Å². The van der Waals surface area contributed by atoms with Gasteiger partial charge in [-0.05, 0) is 62.9 Å². The molecule has 0 saturated carbocycles. The number of guanidine groups is 1. The summed E-state index contributed by atoms with van der Waals surface area (Å²) in [4.78, 5) is 7.08. The van der Waals surface area contributed by atoms with Crippen molar-refractivity contribution < 1.29 is 12.8 Å². The number of halogens is 1. The molecule has 1 heterocycles. The van der Waals surface area contributed by atoms with Crippen molar-refractivity contribution in [3.63, 3.8) is 0 Å². The Morgan fingerprint density at radius 2 is 2.07 bits per heavy atom. The van der Waals surface area contributed by atoms with Gasteiger partial charge >= 0.3 is 0 Å². The maximum atomic E-state index is 13.7. The fraction of sp³-hybridized carbons (Fsp3) is 0.667. The van der Waals surface area contributed by atoms with Gasteiger partial charge in [0, 0.05) is 31.9 Å². The minimum Gasteiger partial charge on any atom is -0.357 e. The van der Waals surface area contributed by atoms with Gasteiger partial charge in [-0.1, -0.05) is 12.5 Å². The van der Waals surface area contributed by atoms with Crippen molar-refractivity contribution in [2.75, 3.05) is 32.4 Å². The summed E-state index contributed by atoms with van der Waals surface area (Å²) < 4.78 is 37.0. The van der Waals surface area contributed by atoms with E-state index in [9.17, 15) is 12.8 Å². The van der Waals surface area contributed by atoms with Crippen LogP contribution in [-0.2, 0) is 22.1 Å². The summed E-state index contributed by atoms with van der Waals surface area (Å²) in [6, 6.07) is 4.85. The van der Waals surface area contributed by atoms with Crippen molar-refractivity contribution >= 4 is 15.8 Å². The Morgan fingerprint density at radius 3 is 2.76 bits per heavy atom. The first-order valence-corrected chi connectivity index (χ1v) is 12.6. The van der Waals surface area contributed by atoms with Gasteiger partial charge in [-0.15, -0.1) is 0 Å². The van der Waals surface area contributed by atoms with Gasteiger partial charge in [0.05, 0.1) is 12.3 Å². The second-order valence-electron chi connectivity index (χ2n) is 7.84. The Bertz CT molecular complexity index is 783. The molecule has 1 atom stereocenters. The van der Waals surface area contributed by atoms with Crippen molar-refractivity contribution in [1.29, 1.82) is 0 Å². The van der Waals surface area contributed by atoms with Crippen LogP contribution in [0.3, 0.4) is 0 Å². The molecule has 164 valence electrons. The predicted octanol–water partition coefficient (Wildman–Crippen LogP) is 2.69. The van der Waals surface area contributed by atoms with Crippen molar-refractivity contribution in [2.24, 2.45) is 4.99 Å². The van der Waals surface area contributed by atoms with Gasteiger partial charge in [-0.3, -0.25) is 0 Å². The number of nitrogens with zero attached hydrogens (tertiary/aromatic N) is 2. The standard InChI is InChI=1S/C21H35FN4O2S/c1-4-23-21(24-11-7-13-26-12-6-5-8-17(26)2)25-15-19-14-20(22)10-9-18(19)16-29(3,27)28/h9-10,14,17H,4-8,11-13,15-16H2,1-3H3,(H2,23,24,25). The normalized spacial score (nSPS) is 18.6. The highest BCUT2D eigenvalue weighted by Crippen LogP contribution is 2.17. The monoisotopic (exact) mass is 426 g/mol. The molecule has 29 heavy (non-hydrogen) atoms. The summed E-state index contributed by atoms with van der Waals surface area (Å²) in [6.07, 6.45) is 6.09. The lowest BCUT2D eigenvalue weighted by molar-refractivity contribution is 0.159. The Hall–Kier alpha value is -1.67. The van der Waals surface area contributed by atoms with Gasteiger partial charge in [0.15, 0.2) is 15.8 Å². The van der Waals surface area contributed by atoms with E-state index >= 15 is 0 Å². The van der Waals surface area contributed by atoms with Gasteiger partial charge in [0.1, 0.15) is 5.82 Å². The van der Waals surface area contributed by atoms with Crippen molar-refractivity contribution in [2.45, 2.75) is 57.9 Å². The van der Waals surface area contributed by atoms with E-state index in [0.29, 0.717) is 29.7 Å². The molecule has 0 amide bonds. The topological polar surface area (TPSA) is 73.8 Å². The number of nitrogens with one attached hydrogen (secondary N) is 2. The van der Waals surface area contributed by atoms with Crippen LogP contribution in [-0.4, -0.2) is 57.8 Å². The molecule has 8 heteroatoms.